The molecule has 0 saturated carbocycles. The molecule has 0 atom stereocenters. The molecular weight excluding hydrogens is 346 g/mol. The standard InChI is InChI=1S/C22H27NO2.ClH/c24-20-10-12-23(13-11-20)15-17-4-1-5-18(14-17)16-25-22-9-3-7-19-6-2-8-21(19)22;/h1,3-5,7,9,14,20,24H,2,6,8,10-13,15-16H2;1H. The van der Waals surface area contributed by atoms with Crippen LogP contribution in [0, 0.1) is 0 Å². The van der Waals surface area contributed by atoms with Gasteiger partial charge in [-0.2, -0.15) is 0 Å². The summed E-state index contributed by atoms with van der Waals surface area (Å²) in [6, 6.07) is 15.2. The number of aryl methyl sites for hydroxylation is 1. The first-order valence-corrected chi connectivity index (χ1v) is 9.50. The van der Waals surface area contributed by atoms with Crippen molar-refractivity contribution in [3.8, 4) is 5.75 Å². The number of piperidine rings is 1. The van der Waals surface area contributed by atoms with Crippen LogP contribution in [-0.4, -0.2) is 29.2 Å². The summed E-state index contributed by atoms with van der Waals surface area (Å²) < 4.78 is 6.15. The molecule has 1 N–H and O–H groups in total. The van der Waals surface area contributed by atoms with Crippen molar-refractivity contribution in [1.82, 2.24) is 4.90 Å². The number of ether oxygens (including phenoxy) is 1. The Morgan fingerprint density at radius 3 is 2.62 bits per heavy atom. The first-order valence-electron chi connectivity index (χ1n) is 9.50. The molecule has 0 unspecified atom stereocenters. The van der Waals surface area contributed by atoms with Gasteiger partial charge in [-0.1, -0.05) is 36.4 Å². The molecule has 1 fully saturated rings. The van der Waals surface area contributed by atoms with E-state index in [1.54, 1.807) is 0 Å². The van der Waals surface area contributed by atoms with Crippen LogP contribution in [0.25, 0.3) is 0 Å². The lowest BCUT2D eigenvalue weighted by atomic mass is 10.1. The number of fused-ring (bicyclic) bond motifs is 1. The van der Waals surface area contributed by atoms with Crippen molar-refractivity contribution in [2.24, 2.45) is 0 Å². The molecule has 0 amide bonds. The third kappa shape index (κ3) is 4.59. The van der Waals surface area contributed by atoms with Gasteiger partial charge in [-0.3, -0.25) is 4.90 Å². The van der Waals surface area contributed by atoms with Crippen LogP contribution in [0.2, 0.25) is 0 Å². The molecule has 4 heteroatoms. The topological polar surface area (TPSA) is 32.7 Å². The fourth-order valence-electron chi connectivity index (χ4n) is 4.03. The summed E-state index contributed by atoms with van der Waals surface area (Å²) in [6.07, 6.45) is 5.25. The van der Waals surface area contributed by atoms with Gasteiger partial charge in [-0.15, -0.1) is 12.4 Å². The van der Waals surface area contributed by atoms with E-state index in [2.05, 4.69) is 47.4 Å². The van der Waals surface area contributed by atoms with Gasteiger partial charge in [-0.25, -0.2) is 0 Å². The number of halogens is 1. The Labute approximate surface area is 162 Å². The maximum absolute atomic E-state index is 9.64. The van der Waals surface area contributed by atoms with Crippen LogP contribution in [0.3, 0.4) is 0 Å². The summed E-state index contributed by atoms with van der Waals surface area (Å²) in [7, 11) is 0. The van der Waals surface area contributed by atoms with Gasteiger partial charge in [0.05, 0.1) is 6.10 Å². The lowest BCUT2D eigenvalue weighted by Crippen LogP contribution is -2.35. The van der Waals surface area contributed by atoms with Crippen molar-refractivity contribution in [3.63, 3.8) is 0 Å². The molecule has 0 spiro atoms. The highest BCUT2D eigenvalue weighted by Crippen LogP contribution is 2.31. The summed E-state index contributed by atoms with van der Waals surface area (Å²) in [5, 5.41) is 9.64. The number of aliphatic hydroxyl groups is 1. The zero-order valence-electron chi connectivity index (χ0n) is 15.2. The van der Waals surface area contributed by atoms with Crippen LogP contribution in [0.1, 0.15) is 41.5 Å². The van der Waals surface area contributed by atoms with Gasteiger partial charge in [0.15, 0.2) is 0 Å². The number of benzene rings is 2. The van der Waals surface area contributed by atoms with Crippen molar-refractivity contribution in [2.45, 2.75) is 51.4 Å². The number of likely N-dealkylation sites (tertiary alicyclic amines) is 1. The second-order valence-corrected chi connectivity index (χ2v) is 7.36. The van der Waals surface area contributed by atoms with Crippen molar-refractivity contribution >= 4 is 12.4 Å². The maximum Gasteiger partial charge on any atom is 0.123 e. The molecule has 0 radical (unpaired) electrons. The molecule has 2 aromatic rings. The largest absolute Gasteiger partial charge is 0.489 e. The number of hydrogen-bond donors (Lipinski definition) is 1. The van der Waals surface area contributed by atoms with Gasteiger partial charge in [0, 0.05) is 19.6 Å². The molecule has 1 aliphatic carbocycles. The molecular formula is C22H28ClNO2. The first kappa shape index (κ1) is 19.2. The Balaban J connectivity index is 0.00000196. The van der Waals surface area contributed by atoms with Crippen LogP contribution >= 0.6 is 12.4 Å². The van der Waals surface area contributed by atoms with Crippen molar-refractivity contribution < 1.29 is 9.84 Å². The molecule has 1 aliphatic heterocycles. The van der Waals surface area contributed by atoms with Crippen molar-refractivity contribution in [1.29, 1.82) is 0 Å². The Kier molecular flexibility index (Phi) is 6.58. The number of aliphatic hydroxyl groups excluding tert-OH is 1. The molecule has 140 valence electrons. The second kappa shape index (κ2) is 8.90. The summed E-state index contributed by atoms with van der Waals surface area (Å²) in [4.78, 5) is 2.43. The predicted molar refractivity (Wildman–Crippen MR) is 107 cm³/mol. The fraction of sp³-hybridized carbons (Fsp3) is 0.455. The van der Waals surface area contributed by atoms with E-state index < -0.39 is 0 Å². The molecule has 1 saturated heterocycles. The summed E-state index contributed by atoms with van der Waals surface area (Å²) in [5.41, 5.74) is 5.42. The van der Waals surface area contributed by atoms with Crippen LogP contribution in [0.15, 0.2) is 42.5 Å². The number of rotatable bonds is 5. The molecule has 2 aromatic carbocycles. The number of nitrogens with zero attached hydrogens (tertiary/aromatic N) is 1. The zero-order valence-corrected chi connectivity index (χ0v) is 16.0. The monoisotopic (exact) mass is 373 g/mol. The lowest BCUT2D eigenvalue weighted by molar-refractivity contribution is 0.0792. The van der Waals surface area contributed by atoms with Gasteiger partial charge in [-0.05, 0) is 60.4 Å². The summed E-state index contributed by atoms with van der Waals surface area (Å²) in [6.45, 7) is 3.56. The Hall–Kier alpha value is -1.55. The van der Waals surface area contributed by atoms with Gasteiger partial charge < -0.3 is 9.84 Å². The minimum Gasteiger partial charge on any atom is -0.489 e. The molecule has 4 rings (SSSR count). The number of hydrogen-bond acceptors (Lipinski definition) is 3. The summed E-state index contributed by atoms with van der Waals surface area (Å²) in [5.74, 6) is 1.06. The Bertz CT molecular complexity index is 726. The highest BCUT2D eigenvalue weighted by molar-refractivity contribution is 5.85. The zero-order chi connectivity index (χ0) is 17.1. The average Bonchev–Trinajstić information content (AvgIpc) is 3.12. The summed E-state index contributed by atoms with van der Waals surface area (Å²) >= 11 is 0. The second-order valence-electron chi connectivity index (χ2n) is 7.36. The van der Waals surface area contributed by atoms with E-state index in [-0.39, 0.29) is 18.5 Å². The lowest BCUT2D eigenvalue weighted by Gasteiger charge is -2.29. The quantitative estimate of drug-likeness (QED) is 0.855. The smallest absolute Gasteiger partial charge is 0.123 e. The molecule has 1 heterocycles. The van der Waals surface area contributed by atoms with Gasteiger partial charge >= 0.3 is 0 Å². The molecule has 26 heavy (non-hydrogen) atoms. The van der Waals surface area contributed by atoms with E-state index in [9.17, 15) is 5.11 Å². The third-order valence-corrected chi connectivity index (χ3v) is 5.45. The predicted octanol–water partition coefficient (Wildman–Crippen LogP) is 4.13. The highest BCUT2D eigenvalue weighted by Gasteiger charge is 2.17. The van der Waals surface area contributed by atoms with Gasteiger partial charge in [0.25, 0.3) is 0 Å². The molecule has 0 aromatic heterocycles. The van der Waals surface area contributed by atoms with Gasteiger partial charge in [0.1, 0.15) is 12.4 Å². The van der Waals surface area contributed by atoms with Crippen LogP contribution < -0.4 is 4.74 Å². The minimum absolute atomic E-state index is 0. The average molecular weight is 374 g/mol. The Morgan fingerprint density at radius 1 is 1.00 bits per heavy atom. The van der Waals surface area contributed by atoms with Gasteiger partial charge in [0.2, 0.25) is 0 Å². The third-order valence-electron chi connectivity index (χ3n) is 5.45. The molecule has 0 bridgehead atoms. The van der Waals surface area contributed by atoms with Crippen molar-refractivity contribution in [2.75, 3.05) is 13.1 Å². The van der Waals surface area contributed by atoms with Crippen molar-refractivity contribution in [3.05, 3.63) is 64.7 Å². The first-order chi connectivity index (χ1) is 12.3. The SMILES string of the molecule is Cl.OC1CCN(Cc2cccc(COc3cccc4c3CCC4)c2)CC1. The van der Waals surface area contributed by atoms with E-state index >= 15 is 0 Å². The maximum atomic E-state index is 9.64. The van der Waals surface area contributed by atoms with E-state index in [0.29, 0.717) is 6.61 Å². The van der Waals surface area contributed by atoms with E-state index in [0.717, 1.165) is 44.6 Å². The molecule has 2 aliphatic rings. The fourth-order valence-corrected chi connectivity index (χ4v) is 4.03. The van der Waals surface area contributed by atoms with Crippen LogP contribution in [0.5, 0.6) is 5.75 Å². The van der Waals surface area contributed by atoms with Crippen LogP contribution in [0.4, 0.5) is 0 Å². The van der Waals surface area contributed by atoms with E-state index in [1.807, 2.05) is 0 Å². The van der Waals surface area contributed by atoms with E-state index in [4.69, 9.17) is 4.74 Å². The van der Waals surface area contributed by atoms with Crippen LogP contribution in [-0.2, 0) is 26.0 Å². The normalized spacial score (nSPS) is 17.6. The Morgan fingerprint density at radius 2 is 1.77 bits per heavy atom. The molecule has 3 nitrogen and oxygen atoms in total. The minimum atomic E-state index is -0.108. The van der Waals surface area contributed by atoms with E-state index in [1.165, 1.54) is 35.1 Å². The highest BCUT2D eigenvalue weighted by atomic mass is 35.5.